The molecule has 0 amide bonds. The zero-order valence-corrected chi connectivity index (χ0v) is 8.31. The van der Waals surface area contributed by atoms with E-state index in [4.69, 9.17) is 0 Å². The molecule has 1 unspecified atom stereocenters. The Hall–Kier alpha value is -0.520. The average Bonchev–Trinajstić information content (AvgIpc) is 2.77. The lowest BCUT2D eigenvalue weighted by Gasteiger charge is -2.12. The Morgan fingerprint density at radius 3 is 2.85 bits per heavy atom. The van der Waals surface area contributed by atoms with E-state index in [1.165, 1.54) is 51.4 Å². The van der Waals surface area contributed by atoms with Crippen molar-refractivity contribution < 1.29 is 0 Å². The Balaban J connectivity index is 1.73. The molecule has 0 spiro atoms. The van der Waals surface area contributed by atoms with Gasteiger partial charge in [-0.15, -0.1) is 0 Å². The van der Waals surface area contributed by atoms with Gasteiger partial charge >= 0.3 is 0 Å². The molecule has 0 aromatic heterocycles. The molecular formula is C13H18. The lowest BCUT2D eigenvalue weighted by atomic mass is 9.94. The number of rotatable bonds is 2. The van der Waals surface area contributed by atoms with Crippen LogP contribution in [-0.4, -0.2) is 0 Å². The van der Waals surface area contributed by atoms with E-state index < -0.39 is 0 Å². The maximum Gasteiger partial charge on any atom is -0.0106 e. The fraction of sp³-hybridized carbons (Fsp3) is 0.692. The fourth-order valence-electron chi connectivity index (χ4n) is 3.29. The van der Waals surface area contributed by atoms with Crippen molar-refractivity contribution in [1.29, 1.82) is 0 Å². The Morgan fingerprint density at radius 1 is 1.23 bits per heavy atom. The van der Waals surface area contributed by atoms with Crippen molar-refractivity contribution in [3.63, 3.8) is 0 Å². The van der Waals surface area contributed by atoms with E-state index in [0.29, 0.717) is 0 Å². The van der Waals surface area contributed by atoms with Crippen molar-refractivity contribution >= 4 is 0 Å². The summed E-state index contributed by atoms with van der Waals surface area (Å²) in [6.45, 7) is 0. The van der Waals surface area contributed by atoms with Gasteiger partial charge in [0.2, 0.25) is 0 Å². The third-order valence-corrected chi connectivity index (χ3v) is 4.00. The number of hydrogen-bond donors (Lipinski definition) is 0. The van der Waals surface area contributed by atoms with E-state index in [9.17, 15) is 0 Å². The molecule has 0 aliphatic heterocycles. The van der Waals surface area contributed by atoms with E-state index in [1.807, 2.05) is 11.1 Å². The van der Waals surface area contributed by atoms with Gasteiger partial charge in [-0.05, 0) is 57.3 Å². The molecule has 3 rings (SSSR count). The minimum absolute atomic E-state index is 1.06. The van der Waals surface area contributed by atoms with Crippen molar-refractivity contribution in [3.05, 3.63) is 22.8 Å². The highest BCUT2D eigenvalue weighted by Gasteiger charge is 2.29. The highest BCUT2D eigenvalue weighted by Crippen LogP contribution is 2.46. The van der Waals surface area contributed by atoms with Gasteiger partial charge in [0.25, 0.3) is 0 Å². The molecule has 1 atom stereocenters. The van der Waals surface area contributed by atoms with Crippen LogP contribution in [0.1, 0.15) is 51.4 Å². The average molecular weight is 174 g/mol. The van der Waals surface area contributed by atoms with Crippen LogP contribution in [0.2, 0.25) is 0 Å². The molecule has 0 heteroatoms. The standard InChI is InChI=1S/C13H18/c1-2-4-10(3-1)7-13-9-11-5-6-12(13)8-11/h3,11H,1-2,4-9H2. The summed E-state index contributed by atoms with van der Waals surface area (Å²) >= 11 is 0. The van der Waals surface area contributed by atoms with Gasteiger partial charge < -0.3 is 0 Å². The van der Waals surface area contributed by atoms with Crippen LogP contribution in [0.3, 0.4) is 0 Å². The molecule has 0 aromatic rings. The van der Waals surface area contributed by atoms with Gasteiger partial charge in [0, 0.05) is 0 Å². The molecule has 3 aliphatic rings. The summed E-state index contributed by atoms with van der Waals surface area (Å²) in [4.78, 5) is 0. The Morgan fingerprint density at radius 2 is 2.23 bits per heavy atom. The molecule has 0 radical (unpaired) electrons. The molecule has 1 saturated carbocycles. The van der Waals surface area contributed by atoms with E-state index in [2.05, 4.69) is 6.08 Å². The maximum atomic E-state index is 2.49. The van der Waals surface area contributed by atoms with Crippen LogP contribution < -0.4 is 0 Å². The summed E-state index contributed by atoms with van der Waals surface area (Å²) in [5.41, 5.74) is 5.43. The molecule has 1 fully saturated rings. The Labute approximate surface area is 80.7 Å². The molecule has 0 aromatic carbocycles. The Kier molecular flexibility index (Phi) is 1.81. The zero-order valence-electron chi connectivity index (χ0n) is 8.31. The first kappa shape index (κ1) is 7.84. The monoisotopic (exact) mass is 174 g/mol. The fourth-order valence-corrected chi connectivity index (χ4v) is 3.29. The minimum Gasteiger partial charge on any atom is -0.0850 e. The third-order valence-electron chi connectivity index (χ3n) is 4.00. The summed E-state index contributed by atoms with van der Waals surface area (Å²) < 4.78 is 0. The first-order chi connectivity index (χ1) is 6.42. The van der Waals surface area contributed by atoms with Crippen molar-refractivity contribution in [2.24, 2.45) is 5.92 Å². The predicted molar refractivity (Wildman–Crippen MR) is 55.5 cm³/mol. The maximum absolute atomic E-state index is 2.49. The zero-order chi connectivity index (χ0) is 8.67. The lowest BCUT2D eigenvalue weighted by Crippen LogP contribution is -1.95. The summed E-state index contributed by atoms with van der Waals surface area (Å²) in [5, 5.41) is 0. The van der Waals surface area contributed by atoms with Crippen molar-refractivity contribution in [2.45, 2.75) is 51.4 Å². The van der Waals surface area contributed by atoms with Crippen molar-refractivity contribution in [3.8, 4) is 0 Å². The second kappa shape index (κ2) is 3.01. The predicted octanol–water partition coefficient (Wildman–Crippen LogP) is 3.99. The summed E-state index contributed by atoms with van der Waals surface area (Å²) in [6, 6.07) is 0. The van der Waals surface area contributed by atoms with Crippen LogP contribution in [0.5, 0.6) is 0 Å². The van der Waals surface area contributed by atoms with E-state index >= 15 is 0 Å². The van der Waals surface area contributed by atoms with Gasteiger partial charge in [0.1, 0.15) is 0 Å². The van der Waals surface area contributed by atoms with Crippen LogP contribution in [0.25, 0.3) is 0 Å². The smallest absolute Gasteiger partial charge is 0.0106 e. The number of fused-ring (bicyclic) bond motifs is 2. The van der Waals surface area contributed by atoms with Crippen molar-refractivity contribution in [2.75, 3.05) is 0 Å². The molecule has 0 heterocycles. The van der Waals surface area contributed by atoms with Gasteiger partial charge in [-0.25, -0.2) is 0 Å². The van der Waals surface area contributed by atoms with Crippen LogP contribution in [0.4, 0.5) is 0 Å². The first-order valence-corrected chi connectivity index (χ1v) is 5.79. The lowest BCUT2D eigenvalue weighted by molar-refractivity contribution is 0.557. The van der Waals surface area contributed by atoms with E-state index in [-0.39, 0.29) is 0 Å². The van der Waals surface area contributed by atoms with Gasteiger partial charge in [-0.1, -0.05) is 22.8 Å². The minimum atomic E-state index is 1.06. The molecule has 0 saturated heterocycles. The van der Waals surface area contributed by atoms with Gasteiger partial charge in [0.05, 0.1) is 0 Å². The summed E-state index contributed by atoms with van der Waals surface area (Å²) in [7, 11) is 0. The van der Waals surface area contributed by atoms with E-state index in [0.717, 1.165) is 5.92 Å². The number of hydrogen-bond acceptors (Lipinski definition) is 0. The molecule has 3 aliphatic carbocycles. The molecular weight excluding hydrogens is 156 g/mol. The molecule has 2 bridgehead atoms. The van der Waals surface area contributed by atoms with Crippen LogP contribution in [0.15, 0.2) is 22.8 Å². The largest absolute Gasteiger partial charge is 0.0850 e. The summed E-state index contributed by atoms with van der Waals surface area (Å²) in [6.07, 6.45) is 13.8. The van der Waals surface area contributed by atoms with Gasteiger partial charge in [0.15, 0.2) is 0 Å². The molecule has 0 nitrogen and oxygen atoms in total. The summed E-state index contributed by atoms with van der Waals surface area (Å²) in [5.74, 6) is 1.06. The van der Waals surface area contributed by atoms with Crippen LogP contribution >= 0.6 is 0 Å². The second-order valence-electron chi connectivity index (χ2n) is 4.95. The van der Waals surface area contributed by atoms with Crippen LogP contribution in [0, 0.1) is 5.92 Å². The van der Waals surface area contributed by atoms with Crippen molar-refractivity contribution in [1.82, 2.24) is 0 Å². The Bertz CT molecular complexity index is 280. The topological polar surface area (TPSA) is 0 Å². The normalized spacial score (nSPS) is 31.7. The quantitative estimate of drug-likeness (QED) is 0.555. The van der Waals surface area contributed by atoms with Crippen LogP contribution in [-0.2, 0) is 0 Å². The highest BCUT2D eigenvalue weighted by atomic mass is 14.3. The van der Waals surface area contributed by atoms with E-state index in [1.54, 1.807) is 5.57 Å². The van der Waals surface area contributed by atoms with Gasteiger partial charge in [-0.2, -0.15) is 0 Å². The number of allylic oxidation sites excluding steroid dienone is 4. The molecule has 70 valence electrons. The molecule has 13 heavy (non-hydrogen) atoms. The van der Waals surface area contributed by atoms with Gasteiger partial charge in [-0.3, -0.25) is 0 Å². The first-order valence-electron chi connectivity index (χ1n) is 5.79. The third kappa shape index (κ3) is 1.37. The molecule has 0 N–H and O–H groups in total. The highest BCUT2D eigenvalue weighted by molar-refractivity contribution is 5.30. The SMILES string of the molecule is C1=C(CC2=C3CCC(C3)C2)CCC1. The second-order valence-corrected chi connectivity index (χ2v) is 4.95.